The molecule has 3 heterocycles. The van der Waals surface area contributed by atoms with Crippen LogP contribution in [0.25, 0.3) is 10.9 Å². The largest absolute Gasteiger partial charge is 0.361 e. The van der Waals surface area contributed by atoms with Gasteiger partial charge in [0.1, 0.15) is 11.6 Å². The standard InChI is InChI=1S/C19H24N6O/c1-14-21-22-18(23(14)2)13-24-7-9-25(10-8-24)19(26)11-15-12-20-17-6-4-3-5-16(15)17/h3-6,12,20H,7-11,13H2,1-2H3. The Morgan fingerprint density at radius 3 is 2.65 bits per heavy atom. The molecule has 0 atom stereocenters. The second kappa shape index (κ2) is 6.92. The van der Waals surface area contributed by atoms with Crippen LogP contribution in [0.2, 0.25) is 0 Å². The first-order chi connectivity index (χ1) is 12.6. The van der Waals surface area contributed by atoms with Gasteiger partial charge in [-0.1, -0.05) is 18.2 Å². The van der Waals surface area contributed by atoms with Gasteiger partial charge >= 0.3 is 0 Å². The molecule has 4 rings (SSSR count). The Hall–Kier alpha value is -2.67. The molecular formula is C19H24N6O. The number of para-hydroxylation sites is 1. The first-order valence-corrected chi connectivity index (χ1v) is 9.02. The molecule has 3 aromatic rings. The Balaban J connectivity index is 1.34. The normalized spacial score (nSPS) is 15.7. The van der Waals surface area contributed by atoms with E-state index in [9.17, 15) is 4.79 Å². The Kier molecular flexibility index (Phi) is 4.46. The van der Waals surface area contributed by atoms with Crippen molar-refractivity contribution in [3.05, 3.63) is 47.7 Å². The third-order valence-corrected chi connectivity index (χ3v) is 5.29. The van der Waals surface area contributed by atoms with Crippen LogP contribution in [-0.2, 0) is 24.8 Å². The highest BCUT2D eigenvalue weighted by atomic mass is 16.2. The lowest BCUT2D eigenvalue weighted by Gasteiger charge is -2.34. The van der Waals surface area contributed by atoms with Crippen LogP contribution in [0.15, 0.2) is 30.5 Å². The summed E-state index contributed by atoms with van der Waals surface area (Å²) in [6.45, 7) is 5.99. The number of hydrogen-bond donors (Lipinski definition) is 1. The number of amides is 1. The average molecular weight is 352 g/mol. The fraction of sp³-hybridized carbons (Fsp3) is 0.421. The molecule has 7 heteroatoms. The van der Waals surface area contributed by atoms with Crippen LogP contribution < -0.4 is 0 Å². The summed E-state index contributed by atoms with van der Waals surface area (Å²) in [5.41, 5.74) is 2.15. The van der Waals surface area contributed by atoms with E-state index in [4.69, 9.17) is 0 Å². The van der Waals surface area contributed by atoms with Crippen molar-refractivity contribution in [2.45, 2.75) is 19.9 Å². The van der Waals surface area contributed by atoms with Crippen molar-refractivity contribution in [1.82, 2.24) is 29.5 Å². The lowest BCUT2D eigenvalue weighted by molar-refractivity contribution is -0.132. The molecule has 1 aromatic carbocycles. The maximum Gasteiger partial charge on any atom is 0.227 e. The fourth-order valence-corrected chi connectivity index (χ4v) is 3.50. The third kappa shape index (κ3) is 3.22. The number of rotatable bonds is 4. The number of nitrogens with one attached hydrogen (secondary N) is 1. The number of hydrogen-bond acceptors (Lipinski definition) is 4. The number of aryl methyl sites for hydroxylation is 1. The van der Waals surface area contributed by atoms with Crippen LogP contribution >= 0.6 is 0 Å². The van der Waals surface area contributed by atoms with Gasteiger partial charge in [-0.25, -0.2) is 0 Å². The molecule has 1 fully saturated rings. The van der Waals surface area contributed by atoms with Gasteiger partial charge < -0.3 is 14.5 Å². The molecule has 26 heavy (non-hydrogen) atoms. The van der Waals surface area contributed by atoms with E-state index in [1.54, 1.807) is 0 Å². The summed E-state index contributed by atoms with van der Waals surface area (Å²) in [6, 6.07) is 8.12. The van der Waals surface area contributed by atoms with Crippen molar-refractivity contribution >= 4 is 16.8 Å². The predicted octanol–water partition coefficient (Wildman–Crippen LogP) is 1.49. The molecule has 0 aliphatic carbocycles. The van der Waals surface area contributed by atoms with Crippen LogP contribution in [-0.4, -0.2) is 61.6 Å². The van der Waals surface area contributed by atoms with Crippen molar-refractivity contribution in [3.8, 4) is 0 Å². The van der Waals surface area contributed by atoms with Crippen molar-refractivity contribution in [1.29, 1.82) is 0 Å². The number of H-pyrrole nitrogens is 1. The van der Waals surface area contributed by atoms with Crippen LogP contribution in [0.5, 0.6) is 0 Å². The Bertz CT molecular complexity index is 919. The fourth-order valence-electron chi connectivity index (χ4n) is 3.50. The summed E-state index contributed by atoms with van der Waals surface area (Å²) in [5, 5.41) is 9.48. The van der Waals surface area contributed by atoms with Crippen LogP contribution in [0.1, 0.15) is 17.2 Å². The molecule has 2 aromatic heterocycles. The number of benzene rings is 1. The molecule has 1 aliphatic rings. The second-order valence-corrected chi connectivity index (χ2v) is 6.92. The molecule has 0 bridgehead atoms. The highest BCUT2D eigenvalue weighted by Gasteiger charge is 2.23. The van der Waals surface area contributed by atoms with Crippen molar-refractivity contribution in [3.63, 3.8) is 0 Å². The van der Waals surface area contributed by atoms with Crippen molar-refractivity contribution in [2.24, 2.45) is 7.05 Å². The van der Waals surface area contributed by atoms with Gasteiger partial charge in [0.05, 0.1) is 13.0 Å². The average Bonchev–Trinajstić information content (AvgIpc) is 3.21. The Morgan fingerprint density at radius 2 is 1.92 bits per heavy atom. The number of aromatic amines is 1. The molecule has 1 amide bonds. The zero-order chi connectivity index (χ0) is 18.1. The van der Waals surface area contributed by atoms with E-state index in [0.717, 1.165) is 60.8 Å². The van der Waals surface area contributed by atoms with Crippen molar-refractivity contribution < 1.29 is 4.79 Å². The van der Waals surface area contributed by atoms with Gasteiger partial charge in [0.15, 0.2) is 0 Å². The summed E-state index contributed by atoms with van der Waals surface area (Å²) in [4.78, 5) is 20.2. The van der Waals surface area contributed by atoms with E-state index in [-0.39, 0.29) is 5.91 Å². The molecule has 1 aliphatic heterocycles. The summed E-state index contributed by atoms with van der Waals surface area (Å²) in [6.07, 6.45) is 2.40. The maximum atomic E-state index is 12.7. The minimum absolute atomic E-state index is 0.198. The molecule has 0 unspecified atom stereocenters. The van der Waals surface area contributed by atoms with Gasteiger partial charge in [-0.3, -0.25) is 9.69 Å². The van der Waals surface area contributed by atoms with Gasteiger partial charge in [0.2, 0.25) is 5.91 Å². The van der Waals surface area contributed by atoms with Gasteiger partial charge in [0, 0.05) is 50.3 Å². The van der Waals surface area contributed by atoms with Crippen molar-refractivity contribution in [2.75, 3.05) is 26.2 Å². The summed E-state index contributed by atoms with van der Waals surface area (Å²) in [5.74, 6) is 2.09. The lowest BCUT2D eigenvalue weighted by atomic mass is 10.1. The van der Waals surface area contributed by atoms with Crippen LogP contribution in [0.3, 0.4) is 0 Å². The zero-order valence-corrected chi connectivity index (χ0v) is 15.3. The van der Waals surface area contributed by atoms with E-state index < -0.39 is 0 Å². The van der Waals surface area contributed by atoms with Gasteiger partial charge in [0.25, 0.3) is 0 Å². The molecule has 136 valence electrons. The zero-order valence-electron chi connectivity index (χ0n) is 15.3. The SMILES string of the molecule is Cc1nnc(CN2CCN(C(=O)Cc3c[nH]c4ccccc34)CC2)n1C. The number of piperazine rings is 1. The first kappa shape index (κ1) is 16.8. The molecule has 7 nitrogen and oxygen atoms in total. The highest BCUT2D eigenvalue weighted by Crippen LogP contribution is 2.19. The summed E-state index contributed by atoms with van der Waals surface area (Å²) < 4.78 is 2.02. The summed E-state index contributed by atoms with van der Waals surface area (Å²) >= 11 is 0. The molecule has 0 saturated carbocycles. The second-order valence-electron chi connectivity index (χ2n) is 6.92. The minimum Gasteiger partial charge on any atom is -0.361 e. The third-order valence-electron chi connectivity index (χ3n) is 5.29. The van der Waals surface area contributed by atoms with Gasteiger partial charge in [-0.05, 0) is 18.6 Å². The minimum atomic E-state index is 0.198. The highest BCUT2D eigenvalue weighted by molar-refractivity contribution is 5.88. The number of carbonyl (C=O) groups excluding carboxylic acids is 1. The van der Waals surface area contributed by atoms with Crippen LogP contribution in [0.4, 0.5) is 0 Å². The molecule has 1 N–H and O–H groups in total. The van der Waals surface area contributed by atoms with E-state index in [1.165, 1.54) is 0 Å². The van der Waals surface area contributed by atoms with E-state index in [1.807, 2.05) is 47.8 Å². The predicted molar refractivity (Wildman–Crippen MR) is 99.6 cm³/mol. The van der Waals surface area contributed by atoms with Crippen LogP contribution in [0, 0.1) is 6.92 Å². The molecular weight excluding hydrogens is 328 g/mol. The smallest absolute Gasteiger partial charge is 0.227 e. The lowest BCUT2D eigenvalue weighted by Crippen LogP contribution is -2.48. The summed E-state index contributed by atoms with van der Waals surface area (Å²) in [7, 11) is 1.99. The quantitative estimate of drug-likeness (QED) is 0.772. The number of nitrogens with zero attached hydrogens (tertiary/aromatic N) is 5. The number of carbonyl (C=O) groups is 1. The Morgan fingerprint density at radius 1 is 1.15 bits per heavy atom. The van der Waals surface area contributed by atoms with E-state index >= 15 is 0 Å². The van der Waals surface area contributed by atoms with Gasteiger partial charge in [-0.15, -0.1) is 10.2 Å². The topological polar surface area (TPSA) is 70.1 Å². The van der Waals surface area contributed by atoms with E-state index in [0.29, 0.717) is 6.42 Å². The van der Waals surface area contributed by atoms with Gasteiger partial charge in [-0.2, -0.15) is 0 Å². The number of aromatic nitrogens is 4. The molecule has 0 radical (unpaired) electrons. The Labute approximate surface area is 152 Å². The number of fused-ring (bicyclic) bond motifs is 1. The monoisotopic (exact) mass is 352 g/mol. The molecule has 0 spiro atoms. The van der Waals surface area contributed by atoms with E-state index in [2.05, 4.69) is 26.1 Å². The maximum absolute atomic E-state index is 12.7. The molecule has 1 saturated heterocycles. The first-order valence-electron chi connectivity index (χ1n) is 9.02.